The topological polar surface area (TPSA) is 110 Å². The summed E-state index contributed by atoms with van der Waals surface area (Å²) in [6, 6.07) is 8.38. The number of aromatic nitrogens is 4. The molecule has 4 heterocycles. The molecule has 1 aliphatic heterocycles. The molecule has 1 unspecified atom stereocenters. The Hall–Kier alpha value is -3.00. The van der Waals surface area contributed by atoms with Gasteiger partial charge in [0.1, 0.15) is 19.0 Å². The summed E-state index contributed by atoms with van der Waals surface area (Å²) in [7, 11) is -1.99. The lowest BCUT2D eigenvalue weighted by molar-refractivity contribution is -0.0370. The Morgan fingerprint density at radius 3 is 2.59 bits per heavy atom. The highest BCUT2D eigenvalue weighted by Gasteiger charge is 2.37. The predicted octanol–water partition coefficient (Wildman–Crippen LogP) is 9.63. The Morgan fingerprint density at radius 1 is 1.12 bits per heavy atom. The van der Waals surface area contributed by atoms with E-state index in [1.165, 1.54) is 12.1 Å². The zero-order valence-electron chi connectivity index (χ0n) is 28.4. The monoisotopic (exact) mass is 751 g/mol. The lowest BCUT2D eigenvalue weighted by Crippen LogP contribution is -2.41. The van der Waals surface area contributed by atoms with Gasteiger partial charge in [0.2, 0.25) is 9.67 Å². The van der Waals surface area contributed by atoms with Gasteiger partial charge in [0.25, 0.3) is 0 Å². The number of benzene rings is 1. The highest BCUT2D eigenvalue weighted by atomic mass is 35.6. The van der Waals surface area contributed by atoms with Crippen molar-refractivity contribution in [3.05, 3.63) is 54.1 Å². The number of ether oxygens (including phenoxy) is 3. The van der Waals surface area contributed by atoms with E-state index in [1.54, 1.807) is 25.4 Å². The molecular weight excluding hydrogens is 712 g/mol. The van der Waals surface area contributed by atoms with E-state index < -0.39 is 30.6 Å². The SMILES string of the molecule is Cc1cc(F)c(NC(=O)OCC(Cl)(Cl)Cl)cc1-c1cc(OCCO[Si](C)(C)C(C)(C)C)nc(-c2ccnc3c2cnn3C2CCCCO2)c1. The van der Waals surface area contributed by atoms with Gasteiger partial charge in [-0.05, 0) is 85.3 Å². The fourth-order valence-corrected chi connectivity index (χ4v) is 6.39. The molecule has 1 atom stereocenters. The maximum atomic E-state index is 15.1. The molecule has 1 aromatic carbocycles. The first-order chi connectivity index (χ1) is 23.0. The van der Waals surface area contributed by atoms with Crippen LogP contribution in [0.2, 0.25) is 18.1 Å². The molecule has 1 N–H and O–H groups in total. The number of rotatable bonds is 10. The smallest absolute Gasteiger partial charge is 0.411 e. The summed E-state index contributed by atoms with van der Waals surface area (Å²) in [5.41, 5.74) is 3.86. The highest BCUT2D eigenvalue weighted by Crippen LogP contribution is 2.38. The van der Waals surface area contributed by atoms with Crippen molar-refractivity contribution in [2.75, 3.05) is 31.7 Å². The number of alkyl halides is 3. The minimum atomic E-state index is -1.99. The van der Waals surface area contributed by atoms with Crippen LogP contribution in [0.1, 0.15) is 51.8 Å². The average Bonchev–Trinajstić information content (AvgIpc) is 3.47. The first-order valence-corrected chi connectivity index (χ1v) is 20.1. The fourth-order valence-electron chi connectivity index (χ4n) is 5.20. The van der Waals surface area contributed by atoms with Crippen molar-refractivity contribution in [3.63, 3.8) is 0 Å². The number of hydrogen-bond acceptors (Lipinski definition) is 8. The Balaban J connectivity index is 1.52. The van der Waals surface area contributed by atoms with Crippen LogP contribution in [0.5, 0.6) is 5.88 Å². The van der Waals surface area contributed by atoms with Crippen LogP contribution < -0.4 is 10.1 Å². The number of aryl methyl sites for hydroxylation is 1. The van der Waals surface area contributed by atoms with E-state index >= 15 is 4.39 Å². The number of carbonyl (C=O) groups excluding carboxylic acids is 1. The van der Waals surface area contributed by atoms with Crippen LogP contribution in [-0.2, 0) is 13.9 Å². The Morgan fingerprint density at radius 2 is 1.90 bits per heavy atom. The van der Waals surface area contributed by atoms with Crippen molar-refractivity contribution in [1.82, 2.24) is 19.7 Å². The number of pyridine rings is 2. The Bertz CT molecular complexity index is 1810. The second-order valence-corrected chi connectivity index (χ2v) is 20.8. The molecule has 4 aromatic rings. The van der Waals surface area contributed by atoms with Crippen molar-refractivity contribution < 1.29 is 27.8 Å². The third-order valence-corrected chi connectivity index (χ3v) is 13.7. The lowest BCUT2D eigenvalue weighted by atomic mass is 9.98. The van der Waals surface area contributed by atoms with Gasteiger partial charge >= 0.3 is 6.09 Å². The molecule has 0 bridgehead atoms. The molecular formula is C34H41Cl3FN5O5Si. The summed E-state index contributed by atoms with van der Waals surface area (Å²) in [4.78, 5) is 21.9. The number of carbonyl (C=O) groups is 1. The van der Waals surface area contributed by atoms with E-state index in [1.807, 2.05) is 16.8 Å². The quantitative estimate of drug-likeness (QED) is 0.0969. The summed E-state index contributed by atoms with van der Waals surface area (Å²) in [5.74, 6) is -0.312. The van der Waals surface area contributed by atoms with Crippen LogP contribution in [0.15, 0.2) is 42.7 Å². The number of halogens is 4. The maximum absolute atomic E-state index is 15.1. The zero-order chi connectivity index (χ0) is 35.6. The van der Waals surface area contributed by atoms with Crippen LogP contribution in [0.4, 0.5) is 14.9 Å². The summed E-state index contributed by atoms with van der Waals surface area (Å²) >= 11 is 17.1. The van der Waals surface area contributed by atoms with Gasteiger partial charge in [-0.1, -0.05) is 55.6 Å². The van der Waals surface area contributed by atoms with E-state index in [-0.39, 0.29) is 23.6 Å². The predicted molar refractivity (Wildman–Crippen MR) is 194 cm³/mol. The van der Waals surface area contributed by atoms with E-state index in [0.29, 0.717) is 47.1 Å². The molecule has 1 fully saturated rings. The Kier molecular flexibility index (Phi) is 11.5. The average molecular weight is 753 g/mol. The van der Waals surface area contributed by atoms with Crippen LogP contribution >= 0.6 is 34.8 Å². The second kappa shape index (κ2) is 15.1. The largest absolute Gasteiger partial charge is 0.475 e. The van der Waals surface area contributed by atoms with Crippen LogP contribution in [0, 0.1) is 12.7 Å². The van der Waals surface area contributed by atoms with Gasteiger partial charge in [0.15, 0.2) is 20.2 Å². The minimum Gasteiger partial charge on any atom is -0.475 e. The first-order valence-electron chi connectivity index (χ1n) is 16.1. The maximum Gasteiger partial charge on any atom is 0.411 e. The number of nitrogens with one attached hydrogen (secondary N) is 1. The third kappa shape index (κ3) is 9.22. The molecule has 1 aliphatic rings. The van der Waals surface area contributed by atoms with Gasteiger partial charge in [-0.2, -0.15) is 5.10 Å². The zero-order valence-corrected chi connectivity index (χ0v) is 31.7. The normalized spacial score (nSPS) is 15.8. The van der Waals surface area contributed by atoms with E-state index in [2.05, 4.69) is 49.3 Å². The van der Waals surface area contributed by atoms with Crippen LogP contribution in [0.25, 0.3) is 33.4 Å². The van der Waals surface area contributed by atoms with Crippen molar-refractivity contribution in [1.29, 1.82) is 0 Å². The number of amides is 1. The van der Waals surface area contributed by atoms with E-state index in [9.17, 15) is 4.79 Å². The van der Waals surface area contributed by atoms with Gasteiger partial charge in [-0.15, -0.1) is 0 Å². The molecule has 0 saturated carbocycles. The summed E-state index contributed by atoms with van der Waals surface area (Å²) < 4.78 is 38.6. The minimum absolute atomic E-state index is 0.0531. The van der Waals surface area contributed by atoms with Gasteiger partial charge in [0.05, 0.1) is 24.2 Å². The van der Waals surface area contributed by atoms with Crippen LogP contribution in [-0.4, -0.2) is 64.4 Å². The Labute approximate surface area is 301 Å². The molecule has 5 rings (SSSR count). The fraction of sp³-hybridized carbons (Fsp3) is 0.471. The molecule has 0 spiro atoms. The van der Waals surface area contributed by atoms with Crippen molar-refractivity contribution in [3.8, 4) is 28.3 Å². The standard InChI is InChI=1S/C34H41Cl3FN5O5Si/c1-21-15-26(38)28(42-32(44)47-20-34(35,36)37)18-24(21)22-16-27(41-29(17-22)45-13-14-48-49(5,6)33(2,3)4)23-10-11-39-31-25(23)19-40-43(31)30-9-7-8-12-46-30/h10-11,15-19,30H,7-9,12-14,20H2,1-6H3,(H,42,44). The number of anilines is 1. The summed E-state index contributed by atoms with van der Waals surface area (Å²) in [6.07, 6.45) is 5.24. The van der Waals surface area contributed by atoms with E-state index in [0.717, 1.165) is 30.2 Å². The number of nitrogens with zero attached hydrogens (tertiary/aromatic N) is 4. The highest BCUT2D eigenvalue weighted by molar-refractivity contribution is 6.74. The van der Waals surface area contributed by atoms with Crippen molar-refractivity contribution in [2.45, 2.75) is 75.1 Å². The van der Waals surface area contributed by atoms with E-state index in [4.69, 9.17) is 58.4 Å². The number of hydrogen-bond donors (Lipinski definition) is 1. The molecule has 1 saturated heterocycles. The van der Waals surface area contributed by atoms with Crippen molar-refractivity contribution in [2.24, 2.45) is 0 Å². The molecule has 264 valence electrons. The van der Waals surface area contributed by atoms with Gasteiger partial charge in [-0.25, -0.2) is 23.8 Å². The first kappa shape index (κ1) is 37.3. The lowest BCUT2D eigenvalue weighted by Gasteiger charge is -2.36. The van der Waals surface area contributed by atoms with Gasteiger partial charge < -0.3 is 18.6 Å². The third-order valence-electron chi connectivity index (χ3n) is 8.83. The molecule has 0 radical (unpaired) electrons. The second-order valence-electron chi connectivity index (χ2n) is 13.5. The van der Waals surface area contributed by atoms with Gasteiger partial charge in [-0.3, -0.25) is 5.32 Å². The molecule has 15 heteroatoms. The van der Waals surface area contributed by atoms with Crippen molar-refractivity contribution >= 4 is 65.9 Å². The molecule has 10 nitrogen and oxygen atoms in total. The number of fused-ring (bicyclic) bond motifs is 1. The molecule has 3 aromatic heterocycles. The summed E-state index contributed by atoms with van der Waals surface area (Å²) in [5, 5.41) is 7.90. The molecule has 49 heavy (non-hydrogen) atoms. The summed E-state index contributed by atoms with van der Waals surface area (Å²) in [6.45, 7) is 13.5. The molecule has 1 amide bonds. The van der Waals surface area contributed by atoms with Crippen LogP contribution in [0.3, 0.4) is 0 Å². The van der Waals surface area contributed by atoms with Gasteiger partial charge in [0, 0.05) is 29.8 Å². The molecule has 0 aliphatic carbocycles.